The molecule has 8 nitrogen and oxygen atoms in total. The van der Waals surface area contributed by atoms with Crippen molar-refractivity contribution < 1.29 is 13.6 Å². The van der Waals surface area contributed by atoms with Crippen LogP contribution in [0.2, 0.25) is 0 Å². The number of hydrogen-bond acceptors (Lipinski definition) is 5. The highest BCUT2D eigenvalue weighted by Crippen LogP contribution is 2.08. The fraction of sp³-hybridized carbons (Fsp3) is 0.130. The number of nitrogens with one attached hydrogen (secondary N) is 1. The minimum absolute atomic E-state index is 0.0317. The zero-order chi connectivity index (χ0) is 22.7. The van der Waals surface area contributed by atoms with E-state index in [4.69, 9.17) is 4.42 Å². The first-order valence-electron chi connectivity index (χ1n) is 9.78. The molecule has 0 aliphatic rings. The van der Waals surface area contributed by atoms with Crippen LogP contribution < -0.4 is 16.6 Å². The van der Waals surface area contributed by atoms with E-state index < -0.39 is 28.7 Å². The van der Waals surface area contributed by atoms with Gasteiger partial charge in [0, 0.05) is 0 Å². The van der Waals surface area contributed by atoms with Gasteiger partial charge >= 0.3 is 5.69 Å². The molecule has 2 aromatic carbocycles. The zero-order valence-electron chi connectivity index (χ0n) is 17.1. The summed E-state index contributed by atoms with van der Waals surface area (Å²) in [7, 11) is 0. The number of aromatic nitrogens is 3. The molecule has 1 amide bonds. The molecule has 0 spiro atoms. The Morgan fingerprint density at radius 3 is 2.62 bits per heavy atom. The molecule has 2 aromatic heterocycles. The number of carbonyl (C=O) groups is 1. The highest BCUT2D eigenvalue weighted by molar-refractivity contribution is 5.91. The molecule has 1 N–H and O–H groups in total. The SMILES string of the molecule is Cc1cccc(Cn2c(=O)c(C(=O)NCc3ccco3)nn(-c3cccc(F)c3)c2=O)c1. The Morgan fingerprint density at radius 2 is 1.91 bits per heavy atom. The number of amides is 1. The van der Waals surface area contributed by atoms with Crippen molar-refractivity contribution in [1.29, 1.82) is 0 Å². The van der Waals surface area contributed by atoms with Gasteiger partial charge in [0.2, 0.25) is 5.69 Å². The molecule has 4 rings (SSSR count). The lowest BCUT2D eigenvalue weighted by atomic mass is 10.1. The van der Waals surface area contributed by atoms with Crippen LogP contribution in [0.15, 0.2) is 80.9 Å². The van der Waals surface area contributed by atoms with E-state index >= 15 is 0 Å². The summed E-state index contributed by atoms with van der Waals surface area (Å²) in [4.78, 5) is 38.9. The van der Waals surface area contributed by atoms with Crippen LogP contribution in [0.4, 0.5) is 4.39 Å². The van der Waals surface area contributed by atoms with Gasteiger partial charge in [0.25, 0.3) is 11.5 Å². The van der Waals surface area contributed by atoms with Crippen molar-refractivity contribution in [3.8, 4) is 5.69 Å². The number of furan rings is 1. The van der Waals surface area contributed by atoms with Crippen LogP contribution in [0.3, 0.4) is 0 Å². The van der Waals surface area contributed by atoms with Gasteiger partial charge < -0.3 is 9.73 Å². The molecule has 0 bridgehead atoms. The fourth-order valence-electron chi connectivity index (χ4n) is 3.23. The van der Waals surface area contributed by atoms with Crippen LogP contribution >= 0.6 is 0 Å². The lowest BCUT2D eigenvalue weighted by Crippen LogP contribution is -2.46. The minimum Gasteiger partial charge on any atom is -0.467 e. The maximum absolute atomic E-state index is 13.8. The summed E-state index contributed by atoms with van der Waals surface area (Å²) in [6.45, 7) is 1.84. The smallest absolute Gasteiger partial charge is 0.352 e. The molecule has 9 heteroatoms. The van der Waals surface area contributed by atoms with E-state index in [2.05, 4.69) is 10.4 Å². The maximum Gasteiger partial charge on any atom is 0.352 e. The molecule has 0 saturated heterocycles. The first kappa shape index (κ1) is 21.0. The van der Waals surface area contributed by atoms with Crippen LogP contribution in [0.25, 0.3) is 5.69 Å². The average molecular weight is 434 g/mol. The summed E-state index contributed by atoms with van der Waals surface area (Å²) in [5.41, 5.74) is -0.387. The van der Waals surface area contributed by atoms with E-state index in [0.29, 0.717) is 11.3 Å². The second kappa shape index (κ2) is 8.84. The van der Waals surface area contributed by atoms with Crippen molar-refractivity contribution in [3.05, 3.63) is 116 Å². The molecule has 0 radical (unpaired) electrons. The third-order valence-electron chi connectivity index (χ3n) is 4.75. The van der Waals surface area contributed by atoms with Gasteiger partial charge in [-0.1, -0.05) is 35.9 Å². The van der Waals surface area contributed by atoms with E-state index in [1.165, 1.54) is 24.5 Å². The van der Waals surface area contributed by atoms with Gasteiger partial charge in [-0.25, -0.2) is 9.18 Å². The highest BCUT2D eigenvalue weighted by Gasteiger charge is 2.21. The first-order chi connectivity index (χ1) is 15.4. The Kier molecular flexibility index (Phi) is 5.80. The molecule has 0 atom stereocenters. The van der Waals surface area contributed by atoms with E-state index in [0.717, 1.165) is 20.9 Å². The second-order valence-corrected chi connectivity index (χ2v) is 7.17. The van der Waals surface area contributed by atoms with Crippen LogP contribution in [0.1, 0.15) is 27.4 Å². The molecule has 32 heavy (non-hydrogen) atoms. The normalized spacial score (nSPS) is 10.8. The lowest BCUT2D eigenvalue weighted by Gasteiger charge is -2.12. The third-order valence-corrected chi connectivity index (χ3v) is 4.75. The highest BCUT2D eigenvalue weighted by atomic mass is 19.1. The standard InChI is InChI=1S/C23H19FN4O4/c1-15-5-2-6-16(11-15)14-27-22(30)20(21(29)25-13-19-9-4-10-32-19)26-28(23(27)31)18-8-3-7-17(24)12-18/h2-12H,13-14H2,1H3,(H,25,29). The molecule has 0 aliphatic carbocycles. The second-order valence-electron chi connectivity index (χ2n) is 7.17. The lowest BCUT2D eigenvalue weighted by molar-refractivity contribution is 0.0938. The quantitative estimate of drug-likeness (QED) is 0.503. The molecule has 162 valence electrons. The van der Waals surface area contributed by atoms with E-state index in [9.17, 15) is 18.8 Å². The van der Waals surface area contributed by atoms with Crippen LogP contribution in [-0.4, -0.2) is 20.3 Å². The monoisotopic (exact) mass is 434 g/mol. The van der Waals surface area contributed by atoms with Gasteiger partial charge in [-0.2, -0.15) is 9.78 Å². The molecule has 4 aromatic rings. The predicted molar refractivity (Wildman–Crippen MR) is 114 cm³/mol. The van der Waals surface area contributed by atoms with Crippen molar-refractivity contribution in [2.24, 2.45) is 0 Å². The molecule has 0 fully saturated rings. The molecule has 2 heterocycles. The van der Waals surface area contributed by atoms with Crippen molar-refractivity contribution >= 4 is 5.91 Å². The summed E-state index contributed by atoms with van der Waals surface area (Å²) in [5, 5.41) is 6.52. The number of nitrogens with zero attached hydrogens (tertiary/aromatic N) is 3. The van der Waals surface area contributed by atoms with Crippen LogP contribution in [0, 0.1) is 12.7 Å². The van der Waals surface area contributed by atoms with Gasteiger partial charge in [0.05, 0.1) is 25.0 Å². The Bertz CT molecular complexity index is 1390. The number of halogens is 1. The minimum atomic E-state index is -0.846. The fourth-order valence-corrected chi connectivity index (χ4v) is 3.23. The maximum atomic E-state index is 13.8. The van der Waals surface area contributed by atoms with E-state index in [1.807, 2.05) is 19.1 Å². The summed E-state index contributed by atoms with van der Waals surface area (Å²) in [5.74, 6) is -0.886. The number of benzene rings is 2. The van der Waals surface area contributed by atoms with Crippen molar-refractivity contribution in [3.63, 3.8) is 0 Å². The summed E-state index contributed by atoms with van der Waals surface area (Å²) >= 11 is 0. The average Bonchev–Trinajstić information content (AvgIpc) is 3.29. The van der Waals surface area contributed by atoms with Crippen molar-refractivity contribution in [2.75, 3.05) is 0 Å². The Labute approximate surface area is 181 Å². The van der Waals surface area contributed by atoms with E-state index in [-0.39, 0.29) is 18.8 Å². The van der Waals surface area contributed by atoms with Gasteiger partial charge in [-0.15, -0.1) is 0 Å². The Morgan fingerprint density at radius 1 is 1.09 bits per heavy atom. The van der Waals surface area contributed by atoms with Crippen LogP contribution in [-0.2, 0) is 13.1 Å². The number of carbonyl (C=O) groups excluding carboxylic acids is 1. The first-order valence-corrected chi connectivity index (χ1v) is 9.78. The van der Waals surface area contributed by atoms with Crippen LogP contribution in [0.5, 0.6) is 0 Å². The molecule has 0 saturated carbocycles. The molecular formula is C23H19FN4O4. The van der Waals surface area contributed by atoms with Gasteiger partial charge in [-0.3, -0.25) is 14.2 Å². The summed E-state index contributed by atoms with van der Waals surface area (Å²) < 4.78 is 20.7. The van der Waals surface area contributed by atoms with Crippen molar-refractivity contribution in [2.45, 2.75) is 20.0 Å². The molecule has 0 unspecified atom stereocenters. The summed E-state index contributed by atoms with van der Waals surface area (Å²) in [6.07, 6.45) is 1.46. The number of hydrogen-bond donors (Lipinski definition) is 1. The number of aryl methyl sites for hydroxylation is 1. The van der Waals surface area contributed by atoms with Gasteiger partial charge in [0.15, 0.2) is 0 Å². The molecular weight excluding hydrogens is 415 g/mol. The predicted octanol–water partition coefficient (Wildman–Crippen LogP) is 2.41. The Balaban J connectivity index is 1.81. The molecule has 0 aliphatic heterocycles. The van der Waals surface area contributed by atoms with Gasteiger partial charge in [-0.05, 0) is 42.8 Å². The third kappa shape index (κ3) is 4.41. The summed E-state index contributed by atoms with van der Waals surface area (Å²) in [6, 6.07) is 15.8. The van der Waals surface area contributed by atoms with Gasteiger partial charge in [0.1, 0.15) is 11.6 Å². The van der Waals surface area contributed by atoms with E-state index in [1.54, 1.807) is 24.3 Å². The Hall–Kier alpha value is -4.27. The topological polar surface area (TPSA) is 99.1 Å². The number of rotatable bonds is 6. The zero-order valence-corrected chi connectivity index (χ0v) is 17.1. The largest absolute Gasteiger partial charge is 0.467 e. The van der Waals surface area contributed by atoms with Crippen molar-refractivity contribution in [1.82, 2.24) is 19.7 Å².